The summed E-state index contributed by atoms with van der Waals surface area (Å²) in [4.78, 5) is 4.75. The molecule has 0 amide bonds. The van der Waals surface area contributed by atoms with Crippen LogP contribution in [0.25, 0.3) is 0 Å². The molecule has 3 aromatic rings. The largest absolute Gasteiger partial charge is 0.497 e. The maximum atomic E-state index is 6.60. The van der Waals surface area contributed by atoms with Crippen LogP contribution < -0.4 is 4.74 Å². The molecule has 0 N–H and O–H groups in total. The van der Waals surface area contributed by atoms with E-state index in [0.29, 0.717) is 6.54 Å². The van der Waals surface area contributed by atoms with Crippen LogP contribution in [-0.4, -0.2) is 70.3 Å². The minimum absolute atomic E-state index is 0.0920. The van der Waals surface area contributed by atoms with Crippen molar-refractivity contribution >= 4 is 11.6 Å². The number of benzene rings is 2. The Labute approximate surface area is 175 Å². The van der Waals surface area contributed by atoms with Crippen LogP contribution in [0.3, 0.4) is 0 Å². The molecule has 2 aromatic carbocycles. The second kappa shape index (κ2) is 8.90. The van der Waals surface area contributed by atoms with Gasteiger partial charge in [-0.2, -0.15) is 0 Å². The molecule has 0 aliphatic carbocycles. The fraction of sp³-hybridized carbons (Fsp3) is 0.381. The molecule has 0 bridgehead atoms. The Morgan fingerprint density at radius 1 is 1.03 bits per heavy atom. The van der Waals surface area contributed by atoms with Crippen molar-refractivity contribution in [3.8, 4) is 5.75 Å². The number of nitrogens with zero attached hydrogens (tertiary/aromatic N) is 6. The fourth-order valence-corrected chi connectivity index (χ4v) is 3.94. The van der Waals surface area contributed by atoms with Gasteiger partial charge in [-0.3, -0.25) is 4.90 Å². The smallest absolute Gasteiger partial charge is 0.173 e. The van der Waals surface area contributed by atoms with Crippen LogP contribution in [-0.2, 0) is 6.54 Å². The van der Waals surface area contributed by atoms with E-state index in [0.717, 1.165) is 53.9 Å². The van der Waals surface area contributed by atoms with E-state index in [1.807, 2.05) is 47.1 Å². The third-order valence-corrected chi connectivity index (χ3v) is 5.74. The molecule has 1 fully saturated rings. The summed E-state index contributed by atoms with van der Waals surface area (Å²) >= 11 is 6.60. The molecule has 152 valence electrons. The first-order valence-electron chi connectivity index (χ1n) is 9.71. The van der Waals surface area contributed by atoms with Crippen LogP contribution in [0.4, 0.5) is 0 Å². The van der Waals surface area contributed by atoms with Gasteiger partial charge in [0.05, 0.1) is 19.7 Å². The van der Waals surface area contributed by atoms with Crippen molar-refractivity contribution in [1.29, 1.82) is 0 Å². The highest BCUT2D eigenvalue weighted by molar-refractivity contribution is 6.31. The number of ether oxygens (including phenoxy) is 1. The molecule has 7 nitrogen and oxygen atoms in total. The second-order valence-corrected chi connectivity index (χ2v) is 7.71. The Kier molecular flexibility index (Phi) is 6.08. The summed E-state index contributed by atoms with van der Waals surface area (Å²) in [7, 11) is 3.81. The molecule has 0 spiro atoms. The Balaban J connectivity index is 1.68. The monoisotopic (exact) mass is 412 g/mol. The van der Waals surface area contributed by atoms with Crippen LogP contribution in [0.2, 0.25) is 5.02 Å². The van der Waals surface area contributed by atoms with E-state index in [4.69, 9.17) is 16.3 Å². The molecule has 0 unspecified atom stereocenters. The van der Waals surface area contributed by atoms with E-state index in [9.17, 15) is 0 Å². The number of tetrazole rings is 1. The minimum Gasteiger partial charge on any atom is -0.497 e. The molecule has 2 heterocycles. The van der Waals surface area contributed by atoms with E-state index in [1.165, 1.54) is 0 Å². The predicted molar refractivity (Wildman–Crippen MR) is 112 cm³/mol. The average molecular weight is 413 g/mol. The van der Waals surface area contributed by atoms with Gasteiger partial charge in [-0.15, -0.1) is 5.10 Å². The summed E-state index contributed by atoms with van der Waals surface area (Å²) in [6.45, 7) is 4.45. The molecule has 1 aliphatic rings. The Hall–Kier alpha value is -2.48. The number of hydrogen-bond acceptors (Lipinski definition) is 6. The van der Waals surface area contributed by atoms with Gasteiger partial charge in [0.25, 0.3) is 0 Å². The predicted octanol–water partition coefficient (Wildman–Crippen LogP) is 2.72. The molecule has 1 atom stereocenters. The number of methoxy groups -OCH3 is 1. The van der Waals surface area contributed by atoms with Gasteiger partial charge in [0, 0.05) is 31.2 Å². The number of halogens is 1. The summed E-state index contributed by atoms with van der Waals surface area (Å²) in [6.07, 6.45) is 0. The van der Waals surface area contributed by atoms with Crippen molar-refractivity contribution in [1.82, 2.24) is 30.0 Å². The first kappa shape index (κ1) is 19.8. The summed E-state index contributed by atoms with van der Waals surface area (Å²) in [5.41, 5.74) is 2.14. The third-order valence-electron chi connectivity index (χ3n) is 5.40. The normalized spacial score (nSPS) is 16.7. The SMILES string of the molecule is COc1ccc(Cn2nnnc2[C@H](c2ccccc2Cl)N2CCN(C)CC2)cc1. The van der Waals surface area contributed by atoms with Crippen molar-refractivity contribution in [2.75, 3.05) is 40.3 Å². The van der Waals surface area contributed by atoms with Crippen LogP contribution >= 0.6 is 11.6 Å². The molecular weight excluding hydrogens is 388 g/mol. The lowest BCUT2D eigenvalue weighted by atomic mass is 10.0. The van der Waals surface area contributed by atoms with E-state index >= 15 is 0 Å². The maximum absolute atomic E-state index is 6.60. The Morgan fingerprint density at radius 3 is 2.45 bits per heavy atom. The van der Waals surface area contributed by atoms with Crippen LogP contribution in [0.1, 0.15) is 23.0 Å². The number of piperazine rings is 1. The molecule has 29 heavy (non-hydrogen) atoms. The molecule has 1 aliphatic heterocycles. The molecule has 1 aromatic heterocycles. The summed E-state index contributed by atoms with van der Waals surface area (Å²) in [5, 5.41) is 13.4. The fourth-order valence-electron chi connectivity index (χ4n) is 3.70. The van der Waals surface area contributed by atoms with Crippen LogP contribution in [0, 0.1) is 0 Å². The van der Waals surface area contributed by atoms with Crippen molar-refractivity contribution in [3.63, 3.8) is 0 Å². The lowest BCUT2D eigenvalue weighted by Gasteiger charge is -2.37. The molecule has 0 radical (unpaired) electrons. The zero-order chi connectivity index (χ0) is 20.2. The van der Waals surface area contributed by atoms with Gasteiger partial charge in [-0.25, -0.2) is 4.68 Å². The summed E-state index contributed by atoms with van der Waals surface area (Å²) in [6, 6.07) is 15.8. The highest BCUT2D eigenvalue weighted by atomic mass is 35.5. The van der Waals surface area contributed by atoms with Gasteiger partial charge >= 0.3 is 0 Å². The van der Waals surface area contributed by atoms with Gasteiger partial charge in [0.15, 0.2) is 5.82 Å². The van der Waals surface area contributed by atoms with E-state index in [2.05, 4.69) is 38.4 Å². The quantitative estimate of drug-likeness (QED) is 0.620. The molecule has 8 heteroatoms. The first-order chi connectivity index (χ1) is 14.2. The van der Waals surface area contributed by atoms with E-state index < -0.39 is 0 Å². The van der Waals surface area contributed by atoms with Crippen LogP contribution in [0.15, 0.2) is 48.5 Å². The second-order valence-electron chi connectivity index (χ2n) is 7.31. The molecule has 4 rings (SSSR count). The van der Waals surface area contributed by atoms with Crippen molar-refractivity contribution in [2.24, 2.45) is 0 Å². The average Bonchev–Trinajstić information content (AvgIpc) is 3.19. The lowest BCUT2D eigenvalue weighted by Crippen LogP contribution is -2.46. The maximum Gasteiger partial charge on any atom is 0.173 e. The van der Waals surface area contributed by atoms with Gasteiger partial charge in [0.1, 0.15) is 5.75 Å². The number of aromatic nitrogens is 4. The topological polar surface area (TPSA) is 59.3 Å². The third kappa shape index (κ3) is 4.42. The van der Waals surface area contributed by atoms with Crippen molar-refractivity contribution < 1.29 is 4.74 Å². The van der Waals surface area contributed by atoms with Crippen molar-refractivity contribution in [3.05, 3.63) is 70.5 Å². The number of likely N-dealkylation sites (N-methyl/N-ethyl adjacent to an activating group) is 1. The lowest BCUT2D eigenvalue weighted by molar-refractivity contribution is 0.122. The standard InChI is InChI=1S/C21H25ClN6O/c1-26-11-13-27(14-12-26)20(18-5-3-4-6-19(18)22)21-23-24-25-28(21)15-16-7-9-17(29-2)10-8-16/h3-10,20H,11-15H2,1-2H3/t20-/m0/s1. The van der Waals surface area contributed by atoms with E-state index in [-0.39, 0.29) is 6.04 Å². The first-order valence-corrected chi connectivity index (χ1v) is 10.1. The molecule has 0 saturated carbocycles. The zero-order valence-electron chi connectivity index (χ0n) is 16.7. The summed E-state index contributed by atoms with van der Waals surface area (Å²) in [5.74, 6) is 1.63. The van der Waals surface area contributed by atoms with Gasteiger partial charge in [0.2, 0.25) is 0 Å². The van der Waals surface area contributed by atoms with Gasteiger partial charge < -0.3 is 9.64 Å². The van der Waals surface area contributed by atoms with E-state index in [1.54, 1.807) is 7.11 Å². The van der Waals surface area contributed by atoms with Gasteiger partial charge in [-0.05, 0) is 46.8 Å². The van der Waals surface area contributed by atoms with Gasteiger partial charge in [-0.1, -0.05) is 41.9 Å². The molecule has 1 saturated heterocycles. The number of hydrogen-bond donors (Lipinski definition) is 0. The number of rotatable bonds is 6. The summed E-state index contributed by atoms with van der Waals surface area (Å²) < 4.78 is 7.12. The van der Waals surface area contributed by atoms with Crippen molar-refractivity contribution in [2.45, 2.75) is 12.6 Å². The minimum atomic E-state index is -0.0920. The molecular formula is C21H25ClN6O. The zero-order valence-corrected chi connectivity index (χ0v) is 17.5. The highest BCUT2D eigenvalue weighted by Gasteiger charge is 2.31. The Morgan fingerprint density at radius 2 is 1.76 bits per heavy atom. The Bertz CT molecular complexity index is 936. The van der Waals surface area contributed by atoms with Crippen LogP contribution in [0.5, 0.6) is 5.75 Å². The highest BCUT2D eigenvalue weighted by Crippen LogP contribution is 2.32.